The van der Waals surface area contributed by atoms with Crippen molar-refractivity contribution >= 4 is 5.97 Å². The van der Waals surface area contributed by atoms with Crippen molar-refractivity contribution in [2.75, 3.05) is 13.2 Å². The highest BCUT2D eigenvalue weighted by Crippen LogP contribution is 1.97. The maximum Gasteiger partial charge on any atom is 0.330 e. The molecule has 0 aromatic rings. The van der Waals surface area contributed by atoms with Gasteiger partial charge in [-0.25, -0.2) is 4.79 Å². The third-order valence-electron chi connectivity index (χ3n) is 1.19. The van der Waals surface area contributed by atoms with Crippen molar-refractivity contribution in [3.63, 3.8) is 0 Å². The second-order valence-corrected chi connectivity index (χ2v) is 2.13. The number of carbonyl (C=O) groups is 1. The summed E-state index contributed by atoms with van der Waals surface area (Å²) in [6.07, 6.45) is 3.28. The minimum absolute atomic E-state index is 0.254. The summed E-state index contributed by atoms with van der Waals surface area (Å²) in [7, 11) is 0. The van der Waals surface area contributed by atoms with E-state index in [1.54, 1.807) is 6.92 Å². The lowest BCUT2D eigenvalue weighted by Crippen LogP contribution is -1.99. The summed E-state index contributed by atoms with van der Waals surface area (Å²) < 4.78 is 4.67. The summed E-state index contributed by atoms with van der Waals surface area (Å²) in [6, 6.07) is 0.407. The molecule has 0 aromatic carbocycles. The molecule has 1 rings (SSSR count). The van der Waals surface area contributed by atoms with Crippen LogP contribution >= 0.6 is 0 Å². The molecule has 56 valence electrons. The molecule has 1 atom stereocenters. The predicted octanol–water partition coefficient (Wildman–Crippen LogP) is 0.0775. The van der Waals surface area contributed by atoms with Gasteiger partial charge < -0.3 is 10.1 Å². The van der Waals surface area contributed by atoms with Gasteiger partial charge in [-0.2, -0.15) is 0 Å². The Balaban J connectivity index is 2.15. The van der Waals surface area contributed by atoms with E-state index in [9.17, 15) is 4.79 Å². The molecular formula is C7H11NO2. The summed E-state index contributed by atoms with van der Waals surface area (Å²) in [5.74, 6) is -0.254. The van der Waals surface area contributed by atoms with E-state index < -0.39 is 0 Å². The molecule has 1 aliphatic rings. The zero-order valence-electron chi connectivity index (χ0n) is 5.96. The minimum atomic E-state index is -0.254. The Morgan fingerprint density at radius 1 is 1.90 bits per heavy atom. The highest BCUT2D eigenvalue weighted by atomic mass is 16.5. The van der Waals surface area contributed by atoms with Gasteiger partial charge in [0.25, 0.3) is 0 Å². The van der Waals surface area contributed by atoms with E-state index in [0.29, 0.717) is 12.6 Å². The van der Waals surface area contributed by atoms with Gasteiger partial charge in [0.2, 0.25) is 0 Å². The van der Waals surface area contributed by atoms with Gasteiger partial charge in [-0.1, -0.05) is 6.08 Å². The van der Waals surface area contributed by atoms with Crippen LogP contribution in [0.3, 0.4) is 0 Å². The predicted molar refractivity (Wildman–Crippen MR) is 37.6 cm³/mol. The Labute approximate surface area is 60.1 Å². The van der Waals surface area contributed by atoms with Gasteiger partial charge in [-0.15, -0.1) is 0 Å². The van der Waals surface area contributed by atoms with Gasteiger partial charge in [0.15, 0.2) is 0 Å². The smallest absolute Gasteiger partial charge is 0.330 e. The Morgan fingerprint density at radius 3 is 3.10 bits per heavy atom. The van der Waals surface area contributed by atoms with Crippen LogP contribution in [0.15, 0.2) is 12.2 Å². The van der Waals surface area contributed by atoms with E-state index in [2.05, 4.69) is 10.1 Å². The first-order chi connectivity index (χ1) is 4.83. The van der Waals surface area contributed by atoms with Gasteiger partial charge in [0.1, 0.15) is 0 Å². The van der Waals surface area contributed by atoms with E-state index in [-0.39, 0.29) is 5.97 Å². The van der Waals surface area contributed by atoms with Crippen LogP contribution in [-0.2, 0) is 9.53 Å². The molecule has 0 aromatic heterocycles. The molecule has 0 amide bonds. The van der Waals surface area contributed by atoms with Crippen LogP contribution in [0.2, 0.25) is 0 Å². The number of esters is 1. The van der Waals surface area contributed by atoms with Crippen molar-refractivity contribution in [2.45, 2.75) is 13.0 Å². The summed E-state index contributed by atoms with van der Waals surface area (Å²) in [5.41, 5.74) is 0. The van der Waals surface area contributed by atoms with Crippen LogP contribution in [0.4, 0.5) is 0 Å². The largest absolute Gasteiger partial charge is 0.463 e. The van der Waals surface area contributed by atoms with Crippen LogP contribution in [0.1, 0.15) is 6.92 Å². The lowest BCUT2D eigenvalue weighted by molar-refractivity contribution is -0.137. The van der Waals surface area contributed by atoms with E-state index in [1.165, 1.54) is 6.08 Å². The molecule has 3 nitrogen and oxygen atoms in total. The Bertz CT molecular complexity index is 150. The Kier molecular flexibility index (Phi) is 2.45. The first-order valence-corrected chi connectivity index (χ1v) is 3.41. The van der Waals surface area contributed by atoms with Crippen LogP contribution in [0.5, 0.6) is 0 Å². The Morgan fingerprint density at radius 2 is 2.60 bits per heavy atom. The summed E-state index contributed by atoms with van der Waals surface area (Å²) in [6.45, 7) is 3.22. The second kappa shape index (κ2) is 3.37. The fourth-order valence-corrected chi connectivity index (χ4v) is 0.589. The van der Waals surface area contributed by atoms with Crippen molar-refractivity contribution in [1.29, 1.82) is 0 Å². The van der Waals surface area contributed by atoms with Crippen molar-refractivity contribution in [1.82, 2.24) is 5.32 Å². The van der Waals surface area contributed by atoms with Crippen molar-refractivity contribution in [3.05, 3.63) is 12.2 Å². The third kappa shape index (κ3) is 2.64. The SMILES string of the molecule is CCOC(=O)/C=C/C1CN1. The second-order valence-electron chi connectivity index (χ2n) is 2.13. The molecule has 3 heteroatoms. The molecular weight excluding hydrogens is 130 g/mol. The molecule has 0 bridgehead atoms. The average Bonchev–Trinajstić information content (AvgIpc) is 2.67. The van der Waals surface area contributed by atoms with E-state index in [1.807, 2.05) is 6.08 Å². The number of rotatable bonds is 3. The number of hydrogen-bond acceptors (Lipinski definition) is 3. The lowest BCUT2D eigenvalue weighted by Gasteiger charge is -1.92. The molecule has 1 N–H and O–H groups in total. The zero-order valence-corrected chi connectivity index (χ0v) is 5.96. The van der Waals surface area contributed by atoms with Crippen LogP contribution in [-0.4, -0.2) is 25.2 Å². The van der Waals surface area contributed by atoms with Crippen molar-refractivity contribution < 1.29 is 9.53 Å². The fourth-order valence-electron chi connectivity index (χ4n) is 0.589. The number of hydrogen-bond donors (Lipinski definition) is 1. The number of nitrogens with one attached hydrogen (secondary N) is 1. The summed E-state index contributed by atoms with van der Waals surface area (Å²) in [5, 5.41) is 3.04. The normalized spacial score (nSPS) is 23.1. The molecule has 1 unspecified atom stereocenters. The molecule has 1 saturated heterocycles. The topological polar surface area (TPSA) is 48.2 Å². The summed E-state index contributed by atoms with van der Waals surface area (Å²) >= 11 is 0. The van der Waals surface area contributed by atoms with Gasteiger partial charge in [-0.05, 0) is 6.92 Å². The molecule has 1 aliphatic heterocycles. The van der Waals surface area contributed by atoms with Gasteiger partial charge in [0.05, 0.1) is 6.61 Å². The number of ether oxygens (including phenoxy) is 1. The maximum absolute atomic E-state index is 10.6. The maximum atomic E-state index is 10.6. The molecule has 10 heavy (non-hydrogen) atoms. The van der Waals surface area contributed by atoms with Crippen molar-refractivity contribution in [2.24, 2.45) is 0 Å². The third-order valence-corrected chi connectivity index (χ3v) is 1.19. The fraction of sp³-hybridized carbons (Fsp3) is 0.571. The van der Waals surface area contributed by atoms with Crippen LogP contribution in [0, 0.1) is 0 Å². The minimum Gasteiger partial charge on any atom is -0.463 e. The lowest BCUT2D eigenvalue weighted by atomic mass is 10.4. The average molecular weight is 141 g/mol. The highest BCUT2D eigenvalue weighted by molar-refractivity contribution is 5.82. The zero-order chi connectivity index (χ0) is 7.40. The quantitative estimate of drug-likeness (QED) is 0.344. The standard InChI is InChI=1S/C7H11NO2/c1-2-10-7(9)4-3-6-5-8-6/h3-4,6,8H,2,5H2,1H3/b4-3+. The van der Waals surface area contributed by atoms with Crippen molar-refractivity contribution in [3.8, 4) is 0 Å². The highest BCUT2D eigenvalue weighted by Gasteiger charge is 2.15. The molecule has 1 heterocycles. The molecule has 0 aliphatic carbocycles. The van der Waals surface area contributed by atoms with Gasteiger partial charge in [0, 0.05) is 18.7 Å². The monoisotopic (exact) mass is 141 g/mol. The van der Waals surface area contributed by atoms with Crippen LogP contribution < -0.4 is 5.32 Å². The molecule has 0 saturated carbocycles. The van der Waals surface area contributed by atoms with Gasteiger partial charge >= 0.3 is 5.97 Å². The van der Waals surface area contributed by atoms with Gasteiger partial charge in [-0.3, -0.25) is 0 Å². The summed E-state index contributed by atoms with van der Waals surface area (Å²) in [4.78, 5) is 10.6. The van der Waals surface area contributed by atoms with E-state index in [4.69, 9.17) is 0 Å². The van der Waals surface area contributed by atoms with E-state index >= 15 is 0 Å². The Hall–Kier alpha value is -0.830. The number of carbonyl (C=O) groups excluding carboxylic acids is 1. The first-order valence-electron chi connectivity index (χ1n) is 3.41. The van der Waals surface area contributed by atoms with E-state index in [0.717, 1.165) is 6.54 Å². The molecule has 0 radical (unpaired) electrons. The molecule has 0 spiro atoms. The van der Waals surface area contributed by atoms with Crippen LogP contribution in [0.25, 0.3) is 0 Å². The first kappa shape index (κ1) is 7.28. The molecule has 1 fully saturated rings.